The number of rotatable bonds is 6. The lowest BCUT2D eigenvalue weighted by Gasteiger charge is -2.22. The molecule has 1 fully saturated rings. The average Bonchev–Trinajstić information content (AvgIpc) is 3.26. The van der Waals surface area contributed by atoms with Gasteiger partial charge in [-0.1, -0.05) is 28.1 Å². The molecule has 8 heteroatoms. The molecule has 4 rings (SSSR count). The maximum Gasteiger partial charge on any atom is 0.255 e. The second-order valence-electron chi connectivity index (χ2n) is 7.69. The standard InChI is InChI=1S/C24H22BrN5O2/c25-18-7-4-15(5-8-18)14-32-22-3-1-2-21(22)30-24(31)20-10-17(13-29-23(20)27)16-6-9-19(11-26)28-12-16/h4-10,12-13,21-22H,1-3,14H2,(H2,27,29)(H,30,31)/t21-,22-/m0/s1. The molecule has 1 aliphatic carbocycles. The number of halogens is 1. The number of nitrogens with zero attached hydrogens (tertiary/aromatic N) is 3. The smallest absolute Gasteiger partial charge is 0.255 e. The zero-order valence-electron chi connectivity index (χ0n) is 17.3. The van der Waals surface area contributed by atoms with Gasteiger partial charge in [-0.15, -0.1) is 0 Å². The lowest BCUT2D eigenvalue weighted by atomic mass is 10.1. The Morgan fingerprint density at radius 3 is 2.66 bits per heavy atom. The van der Waals surface area contributed by atoms with E-state index >= 15 is 0 Å². The van der Waals surface area contributed by atoms with Crippen LogP contribution in [0.4, 0.5) is 5.82 Å². The van der Waals surface area contributed by atoms with E-state index in [2.05, 4.69) is 31.2 Å². The highest BCUT2D eigenvalue weighted by molar-refractivity contribution is 9.10. The first-order valence-corrected chi connectivity index (χ1v) is 11.1. The Labute approximate surface area is 194 Å². The number of hydrogen-bond acceptors (Lipinski definition) is 6. The van der Waals surface area contributed by atoms with Crippen LogP contribution in [-0.4, -0.2) is 28.0 Å². The van der Waals surface area contributed by atoms with E-state index in [1.54, 1.807) is 30.6 Å². The lowest BCUT2D eigenvalue weighted by Crippen LogP contribution is -2.41. The van der Waals surface area contributed by atoms with Crippen molar-refractivity contribution in [1.82, 2.24) is 15.3 Å². The first-order chi connectivity index (χ1) is 15.5. The van der Waals surface area contributed by atoms with Gasteiger partial charge in [-0.25, -0.2) is 9.97 Å². The van der Waals surface area contributed by atoms with Crippen molar-refractivity contribution in [3.8, 4) is 17.2 Å². The van der Waals surface area contributed by atoms with Crippen LogP contribution >= 0.6 is 15.9 Å². The number of nitriles is 1. The summed E-state index contributed by atoms with van der Waals surface area (Å²) in [6, 6.07) is 15.0. The van der Waals surface area contributed by atoms with E-state index in [1.807, 2.05) is 30.3 Å². The van der Waals surface area contributed by atoms with Gasteiger partial charge >= 0.3 is 0 Å². The third-order valence-corrected chi connectivity index (χ3v) is 6.05. The fraction of sp³-hybridized carbons (Fsp3) is 0.250. The first-order valence-electron chi connectivity index (χ1n) is 10.3. The molecule has 1 aliphatic rings. The Hall–Kier alpha value is -3.28. The van der Waals surface area contributed by atoms with E-state index in [0.29, 0.717) is 23.4 Å². The first kappa shape index (κ1) is 21.9. The number of nitrogen functional groups attached to an aromatic ring is 1. The molecule has 2 heterocycles. The maximum atomic E-state index is 13.0. The van der Waals surface area contributed by atoms with Crippen molar-refractivity contribution >= 4 is 27.7 Å². The van der Waals surface area contributed by atoms with Gasteiger partial charge < -0.3 is 15.8 Å². The van der Waals surface area contributed by atoms with Crippen LogP contribution < -0.4 is 11.1 Å². The predicted molar refractivity (Wildman–Crippen MR) is 124 cm³/mol. The van der Waals surface area contributed by atoms with Crippen LogP contribution in [0.5, 0.6) is 0 Å². The SMILES string of the molecule is N#Cc1ccc(-c2cnc(N)c(C(=O)N[C@H]3CCC[C@@H]3OCc3ccc(Br)cc3)c2)cn1. The predicted octanol–water partition coefficient (Wildman–Crippen LogP) is 4.23. The molecule has 1 aromatic carbocycles. The number of nitrogens with two attached hydrogens (primary N) is 1. The second-order valence-corrected chi connectivity index (χ2v) is 8.60. The summed E-state index contributed by atoms with van der Waals surface area (Å²) >= 11 is 3.43. The second kappa shape index (κ2) is 9.90. The Morgan fingerprint density at radius 1 is 1.16 bits per heavy atom. The number of carbonyl (C=O) groups is 1. The molecule has 0 radical (unpaired) electrons. The zero-order valence-corrected chi connectivity index (χ0v) is 18.9. The highest BCUT2D eigenvalue weighted by Crippen LogP contribution is 2.26. The summed E-state index contributed by atoms with van der Waals surface area (Å²) in [5.74, 6) is -0.110. The molecule has 2 aromatic heterocycles. The third-order valence-electron chi connectivity index (χ3n) is 5.52. The van der Waals surface area contributed by atoms with Crippen LogP contribution in [0.2, 0.25) is 0 Å². The van der Waals surface area contributed by atoms with Gasteiger partial charge in [-0.2, -0.15) is 5.26 Å². The number of aromatic nitrogens is 2. The van der Waals surface area contributed by atoms with E-state index in [9.17, 15) is 4.79 Å². The van der Waals surface area contributed by atoms with Gasteiger partial charge in [0.2, 0.25) is 0 Å². The Kier molecular flexibility index (Phi) is 6.78. The number of nitrogens with one attached hydrogen (secondary N) is 1. The summed E-state index contributed by atoms with van der Waals surface area (Å²) in [6.45, 7) is 0.495. The van der Waals surface area contributed by atoms with E-state index in [-0.39, 0.29) is 23.9 Å². The number of carbonyl (C=O) groups excluding carboxylic acids is 1. The summed E-state index contributed by atoms with van der Waals surface area (Å²) in [7, 11) is 0. The summed E-state index contributed by atoms with van der Waals surface area (Å²) in [6.07, 6.45) is 5.85. The van der Waals surface area contributed by atoms with Crippen LogP contribution in [0.15, 0.2) is 59.3 Å². The van der Waals surface area contributed by atoms with Gasteiger partial charge in [0.1, 0.15) is 17.6 Å². The molecule has 0 saturated heterocycles. The van der Waals surface area contributed by atoms with E-state index in [4.69, 9.17) is 15.7 Å². The van der Waals surface area contributed by atoms with E-state index < -0.39 is 0 Å². The summed E-state index contributed by atoms with van der Waals surface area (Å²) in [5, 5.41) is 12.0. The molecule has 32 heavy (non-hydrogen) atoms. The minimum Gasteiger partial charge on any atom is -0.383 e. The monoisotopic (exact) mass is 491 g/mol. The molecule has 1 amide bonds. The van der Waals surface area contributed by atoms with Crippen LogP contribution in [0.3, 0.4) is 0 Å². The van der Waals surface area contributed by atoms with Crippen LogP contribution in [0.1, 0.15) is 40.9 Å². The van der Waals surface area contributed by atoms with E-state index in [0.717, 1.165) is 34.9 Å². The molecule has 3 N–H and O–H groups in total. The molecule has 1 saturated carbocycles. The average molecular weight is 492 g/mol. The van der Waals surface area contributed by atoms with Crippen LogP contribution in [0.25, 0.3) is 11.1 Å². The largest absolute Gasteiger partial charge is 0.383 e. The molecule has 0 bridgehead atoms. The Balaban J connectivity index is 1.44. The van der Waals surface area contributed by atoms with Gasteiger partial charge in [0, 0.05) is 28.0 Å². The molecule has 0 spiro atoms. The third kappa shape index (κ3) is 5.13. The number of hydrogen-bond donors (Lipinski definition) is 2. The Bertz CT molecular complexity index is 1140. The van der Waals surface area contributed by atoms with Gasteiger partial charge in [0.05, 0.1) is 24.3 Å². The van der Waals surface area contributed by atoms with Gasteiger partial charge in [0.25, 0.3) is 5.91 Å². The van der Waals surface area contributed by atoms with Crippen molar-refractivity contribution in [2.75, 3.05) is 5.73 Å². The minimum absolute atomic E-state index is 0.0531. The topological polar surface area (TPSA) is 114 Å². The lowest BCUT2D eigenvalue weighted by molar-refractivity contribution is 0.0272. The van der Waals surface area contributed by atoms with Gasteiger partial charge in [-0.3, -0.25) is 4.79 Å². The highest BCUT2D eigenvalue weighted by Gasteiger charge is 2.30. The van der Waals surface area contributed by atoms with Crippen LogP contribution in [-0.2, 0) is 11.3 Å². The molecule has 0 unspecified atom stereocenters. The van der Waals surface area contributed by atoms with Crippen molar-refractivity contribution in [2.24, 2.45) is 0 Å². The number of anilines is 1. The number of benzene rings is 1. The molecule has 162 valence electrons. The summed E-state index contributed by atoms with van der Waals surface area (Å²) in [5.41, 5.74) is 9.18. The van der Waals surface area contributed by atoms with Crippen molar-refractivity contribution in [1.29, 1.82) is 5.26 Å². The van der Waals surface area contributed by atoms with Crippen molar-refractivity contribution in [2.45, 2.75) is 38.0 Å². The maximum absolute atomic E-state index is 13.0. The molecule has 0 aliphatic heterocycles. The normalized spacial score (nSPS) is 17.6. The number of pyridine rings is 2. The summed E-state index contributed by atoms with van der Waals surface area (Å²) in [4.78, 5) is 21.3. The molecule has 3 aromatic rings. The Morgan fingerprint density at radius 2 is 1.94 bits per heavy atom. The number of amides is 1. The summed E-state index contributed by atoms with van der Waals surface area (Å²) < 4.78 is 7.14. The minimum atomic E-state index is -0.275. The van der Waals surface area contributed by atoms with Gasteiger partial charge in [-0.05, 0) is 55.2 Å². The van der Waals surface area contributed by atoms with Crippen LogP contribution in [0, 0.1) is 11.3 Å². The number of ether oxygens (including phenoxy) is 1. The van der Waals surface area contributed by atoms with Crippen molar-refractivity contribution in [3.05, 3.63) is 76.2 Å². The molecule has 7 nitrogen and oxygen atoms in total. The van der Waals surface area contributed by atoms with Crippen molar-refractivity contribution in [3.63, 3.8) is 0 Å². The quantitative estimate of drug-likeness (QED) is 0.533. The zero-order chi connectivity index (χ0) is 22.5. The molecular formula is C24H22BrN5O2. The van der Waals surface area contributed by atoms with Gasteiger partial charge in [0.15, 0.2) is 0 Å². The van der Waals surface area contributed by atoms with Crippen molar-refractivity contribution < 1.29 is 9.53 Å². The fourth-order valence-electron chi connectivity index (χ4n) is 3.77. The fourth-order valence-corrected chi connectivity index (χ4v) is 4.03. The van der Waals surface area contributed by atoms with E-state index in [1.165, 1.54) is 0 Å². The molecular weight excluding hydrogens is 470 g/mol. The highest BCUT2D eigenvalue weighted by atomic mass is 79.9. The molecule has 2 atom stereocenters.